The molecule has 3 N–H and O–H groups in total. The molecule has 0 unspecified atom stereocenters. The van der Waals surface area contributed by atoms with E-state index in [2.05, 4.69) is 20.6 Å². The van der Waals surface area contributed by atoms with Gasteiger partial charge in [0.15, 0.2) is 0 Å². The van der Waals surface area contributed by atoms with Crippen molar-refractivity contribution in [2.24, 2.45) is 5.41 Å². The minimum Gasteiger partial charge on any atom is -0.391 e. The molecule has 0 spiro atoms. The Labute approximate surface area is 239 Å². The van der Waals surface area contributed by atoms with Crippen LogP contribution in [0, 0.1) is 19.3 Å². The van der Waals surface area contributed by atoms with Gasteiger partial charge in [0.1, 0.15) is 12.1 Å². The van der Waals surface area contributed by atoms with Crippen molar-refractivity contribution in [2.75, 3.05) is 6.54 Å². The number of pyridine rings is 1. The summed E-state index contributed by atoms with van der Waals surface area (Å²) in [6.45, 7) is 9.76. The van der Waals surface area contributed by atoms with Crippen LogP contribution in [0.2, 0.25) is 0 Å². The second-order valence-electron chi connectivity index (χ2n) is 11.4. The molecule has 1 aliphatic rings. The zero-order valence-corrected chi connectivity index (χ0v) is 24.4. The second kappa shape index (κ2) is 12.3. The number of aromatic nitrogens is 2. The molecular weight excluding hydrogens is 526 g/mol. The summed E-state index contributed by atoms with van der Waals surface area (Å²) in [6.07, 6.45) is 1.05. The zero-order valence-electron chi connectivity index (χ0n) is 23.6. The summed E-state index contributed by atoms with van der Waals surface area (Å²) in [4.78, 5) is 50.9. The Morgan fingerprint density at radius 2 is 1.77 bits per heavy atom. The first-order chi connectivity index (χ1) is 18.9. The lowest BCUT2D eigenvalue weighted by atomic mass is 9.85. The van der Waals surface area contributed by atoms with Crippen LogP contribution in [0.1, 0.15) is 49.7 Å². The SMILES string of the molecule is Cc1ccc(CC(=O)N[C@H](C(=O)N2C[C@H](O)C[C@H]2C(=O)NCc2ccc(-c3scnc3C)cc2)C(C)(C)C)cn1. The Balaban J connectivity index is 1.41. The maximum atomic E-state index is 13.7. The van der Waals surface area contributed by atoms with Crippen molar-refractivity contribution in [3.05, 3.63) is 70.6 Å². The number of benzene rings is 1. The van der Waals surface area contributed by atoms with Crippen LogP contribution in [-0.4, -0.2) is 62.4 Å². The number of carbonyl (C=O) groups excluding carboxylic acids is 3. The quantitative estimate of drug-likeness (QED) is 0.387. The van der Waals surface area contributed by atoms with E-state index in [1.54, 1.807) is 17.5 Å². The Morgan fingerprint density at radius 3 is 2.38 bits per heavy atom. The molecule has 1 aliphatic heterocycles. The van der Waals surface area contributed by atoms with Crippen LogP contribution < -0.4 is 10.6 Å². The Morgan fingerprint density at radius 1 is 1.07 bits per heavy atom. The molecule has 3 aromatic rings. The molecule has 3 atom stereocenters. The average molecular weight is 564 g/mol. The molecule has 2 aromatic heterocycles. The van der Waals surface area contributed by atoms with E-state index in [4.69, 9.17) is 0 Å². The lowest BCUT2D eigenvalue weighted by molar-refractivity contribution is -0.144. The fourth-order valence-corrected chi connectivity index (χ4v) is 5.59. The van der Waals surface area contributed by atoms with Gasteiger partial charge in [0.05, 0.1) is 28.6 Å². The van der Waals surface area contributed by atoms with Crippen molar-refractivity contribution in [1.29, 1.82) is 0 Å². The number of hydrogen-bond acceptors (Lipinski definition) is 7. The molecule has 40 heavy (non-hydrogen) atoms. The lowest BCUT2D eigenvalue weighted by Gasteiger charge is -2.35. The molecule has 9 nitrogen and oxygen atoms in total. The summed E-state index contributed by atoms with van der Waals surface area (Å²) in [6, 6.07) is 9.88. The predicted molar refractivity (Wildman–Crippen MR) is 154 cm³/mol. The molecule has 0 radical (unpaired) electrons. The molecule has 1 aromatic carbocycles. The number of nitrogens with zero attached hydrogens (tertiary/aromatic N) is 3. The van der Waals surface area contributed by atoms with E-state index in [0.29, 0.717) is 6.54 Å². The second-order valence-corrected chi connectivity index (χ2v) is 12.3. The molecule has 1 saturated heterocycles. The first-order valence-corrected chi connectivity index (χ1v) is 14.3. The van der Waals surface area contributed by atoms with E-state index < -0.39 is 23.6 Å². The highest BCUT2D eigenvalue weighted by atomic mass is 32.1. The molecule has 1 fully saturated rings. The number of aliphatic hydroxyl groups is 1. The van der Waals surface area contributed by atoms with Crippen molar-refractivity contribution in [3.63, 3.8) is 0 Å². The van der Waals surface area contributed by atoms with E-state index >= 15 is 0 Å². The monoisotopic (exact) mass is 563 g/mol. The van der Waals surface area contributed by atoms with Crippen molar-refractivity contribution in [2.45, 2.75) is 72.2 Å². The third-order valence-corrected chi connectivity index (χ3v) is 8.03. The molecular formula is C30H37N5O4S. The van der Waals surface area contributed by atoms with Gasteiger partial charge in [-0.1, -0.05) is 51.1 Å². The standard InChI is InChI=1S/C30H37N5O4S/c1-18-6-7-21(15-31-18)12-25(37)34-27(30(3,4)5)29(39)35-16-23(36)13-24(35)28(38)32-14-20-8-10-22(11-9-20)26-19(2)33-17-40-26/h6-11,15,17,23-24,27,36H,12-14,16H2,1-5H3,(H,32,38)(H,34,37)/t23-,24+,27-/m1/s1. The summed E-state index contributed by atoms with van der Waals surface area (Å²) < 4.78 is 0. The number of nitrogens with one attached hydrogen (secondary N) is 2. The summed E-state index contributed by atoms with van der Waals surface area (Å²) in [5.74, 6) is -1.03. The number of hydrogen-bond donors (Lipinski definition) is 3. The molecule has 3 amide bonds. The minimum atomic E-state index is -0.873. The summed E-state index contributed by atoms with van der Waals surface area (Å²) in [5.41, 5.74) is 5.76. The Bertz CT molecular complexity index is 1350. The predicted octanol–water partition coefficient (Wildman–Crippen LogP) is 3.17. The maximum Gasteiger partial charge on any atom is 0.246 e. The number of aryl methyl sites for hydroxylation is 2. The van der Waals surface area contributed by atoms with Crippen molar-refractivity contribution in [3.8, 4) is 10.4 Å². The van der Waals surface area contributed by atoms with Gasteiger partial charge in [-0.3, -0.25) is 19.4 Å². The minimum absolute atomic E-state index is 0.0319. The van der Waals surface area contributed by atoms with Crippen LogP contribution in [-0.2, 0) is 27.3 Å². The number of likely N-dealkylation sites (tertiary alicyclic amines) is 1. The van der Waals surface area contributed by atoms with Gasteiger partial charge >= 0.3 is 0 Å². The Kier molecular flexibility index (Phi) is 9.00. The van der Waals surface area contributed by atoms with Crippen LogP contribution in [0.3, 0.4) is 0 Å². The van der Waals surface area contributed by atoms with Gasteiger partial charge < -0.3 is 20.6 Å². The summed E-state index contributed by atoms with van der Waals surface area (Å²) in [7, 11) is 0. The number of carbonyl (C=O) groups is 3. The smallest absolute Gasteiger partial charge is 0.246 e. The van der Waals surface area contributed by atoms with E-state index in [-0.39, 0.29) is 37.1 Å². The van der Waals surface area contributed by atoms with Gasteiger partial charge in [-0.2, -0.15) is 0 Å². The van der Waals surface area contributed by atoms with Crippen LogP contribution in [0.25, 0.3) is 10.4 Å². The van der Waals surface area contributed by atoms with Crippen molar-refractivity contribution >= 4 is 29.1 Å². The summed E-state index contributed by atoms with van der Waals surface area (Å²) in [5, 5.41) is 16.2. The van der Waals surface area contributed by atoms with Gasteiger partial charge in [0, 0.05) is 31.4 Å². The van der Waals surface area contributed by atoms with E-state index in [1.807, 2.05) is 76.5 Å². The van der Waals surface area contributed by atoms with Gasteiger partial charge in [-0.05, 0) is 42.0 Å². The number of rotatable bonds is 8. The highest BCUT2D eigenvalue weighted by molar-refractivity contribution is 7.13. The molecule has 3 heterocycles. The Hall–Kier alpha value is -3.63. The maximum absolute atomic E-state index is 13.7. The van der Waals surface area contributed by atoms with Gasteiger partial charge in [-0.15, -0.1) is 11.3 Å². The molecule has 0 aliphatic carbocycles. The number of aliphatic hydroxyl groups excluding tert-OH is 1. The first-order valence-electron chi connectivity index (χ1n) is 13.4. The van der Waals surface area contributed by atoms with Gasteiger partial charge in [0.2, 0.25) is 17.7 Å². The molecule has 0 saturated carbocycles. The van der Waals surface area contributed by atoms with Crippen LogP contribution in [0.15, 0.2) is 48.1 Å². The molecule has 4 rings (SSSR count). The normalized spacial score (nSPS) is 17.9. The highest BCUT2D eigenvalue weighted by Gasteiger charge is 2.44. The van der Waals surface area contributed by atoms with Crippen LogP contribution >= 0.6 is 11.3 Å². The van der Waals surface area contributed by atoms with E-state index in [1.165, 1.54) is 4.90 Å². The molecule has 212 valence electrons. The van der Waals surface area contributed by atoms with Crippen LogP contribution in [0.4, 0.5) is 0 Å². The number of thiazole rings is 1. The molecule has 10 heteroatoms. The van der Waals surface area contributed by atoms with E-state index in [0.717, 1.165) is 33.0 Å². The highest BCUT2D eigenvalue weighted by Crippen LogP contribution is 2.28. The fraction of sp³-hybridized carbons (Fsp3) is 0.433. The topological polar surface area (TPSA) is 125 Å². The van der Waals surface area contributed by atoms with E-state index in [9.17, 15) is 19.5 Å². The molecule has 0 bridgehead atoms. The van der Waals surface area contributed by atoms with Gasteiger partial charge in [0.25, 0.3) is 0 Å². The van der Waals surface area contributed by atoms with Crippen LogP contribution in [0.5, 0.6) is 0 Å². The lowest BCUT2D eigenvalue weighted by Crippen LogP contribution is -2.58. The third kappa shape index (κ3) is 7.11. The number of amides is 3. The summed E-state index contributed by atoms with van der Waals surface area (Å²) >= 11 is 1.58. The number of β-amino-alcohol motifs (C(OH)–C–C–N with tert-alkyl or cyclic N) is 1. The van der Waals surface area contributed by atoms with Crippen molar-refractivity contribution < 1.29 is 19.5 Å². The van der Waals surface area contributed by atoms with Gasteiger partial charge in [-0.25, -0.2) is 4.98 Å². The third-order valence-electron chi connectivity index (χ3n) is 7.05. The first kappa shape index (κ1) is 29.4. The largest absolute Gasteiger partial charge is 0.391 e. The van der Waals surface area contributed by atoms with Crippen molar-refractivity contribution in [1.82, 2.24) is 25.5 Å². The average Bonchev–Trinajstić information content (AvgIpc) is 3.52. The zero-order chi connectivity index (χ0) is 29.0. The fourth-order valence-electron chi connectivity index (χ4n) is 4.78.